The number of nitrogens with one attached hydrogen (secondary N) is 1. The minimum atomic E-state index is -3.98. The van der Waals surface area contributed by atoms with E-state index in [4.69, 9.17) is 0 Å². The van der Waals surface area contributed by atoms with E-state index in [0.717, 1.165) is 17.4 Å². The number of carbonyl (C=O) groups excluding carboxylic acids is 1. The highest BCUT2D eigenvalue weighted by Gasteiger charge is 2.21. The van der Waals surface area contributed by atoms with Crippen LogP contribution in [0.15, 0.2) is 34.5 Å². The lowest BCUT2D eigenvalue weighted by Gasteiger charge is -2.09. The molecule has 0 atom stereocenters. The first-order valence-corrected chi connectivity index (χ1v) is 8.16. The van der Waals surface area contributed by atoms with Gasteiger partial charge < -0.3 is 4.74 Å². The van der Waals surface area contributed by atoms with Gasteiger partial charge in [0.05, 0.1) is 17.7 Å². The standard InChI is InChI=1S/C13H12FNO4S2/c1-8-3-4-9(7-10(8)14)21(17,18)15-11-5-6-20-12(11)13(16)19-2/h3-7,15H,1-2H3. The van der Waals surface area contributed by atoms with Crippen LogP contribution in [-0.2, 0) is 14.8 Å². The number of anilines is 1. The van der Waals surface area contributed by atoms with Crippen molar-refractivity contribution in [3.05, 3.63) is 45.9 Å². The molecule has 112 valence electrons. The van der Waals surface area contributed by atoms with E-state index < -0.39 is 21.8 Å². The minimum Gasteiger partial charge on any atom is -0.465 e. The van der Waals surface area contributed by atoms with Crippen molar-refractivity contribution < 1.29 is 22.3 Å². The number of ether oxygens (including phenoxy) is 1. The van der Waals surface area contributed by atoms with Crippen LogP contribution in [-0.4, -0.2) is 21.5 Å². The third-order valence-electron chi connectivity index (χ3n) is 2.73. The third kappa shape index (κ3) is 3.22. The fraction of sp³-hybridized carbons (Fsp3) is 0.154. The third-order valence-corrected chi connectivity index (χ3v) is 4.99. The summed E-state index contributed by atoms with van der Waals surface area (Å²) < 4.78 is 44.7. The summed E-state index contributed by atoms with van der Waals surface area (Å²) in [5.41, 5.74) is 0.451. The quantitative estimate of drug-likeness (QED) is 0.876. The molecular weight excluding hydrogens is 317 g/mol. The summed E-state index contributed by atoms with van der Waals surface area (Å²) in [7, 11) is -2.77. The molecule has 0 radical (unpaired) electrons. The van der Waals surface area contributed by atoms with Gasteiger partial charge in [0.25, 0.3) is 10.0 Å². The molecule has 1 aromatic carbocycles. The number of esters is 1. The van der Waals surface area contributed by atoms with Gasteiger partial charge in [-0.15, -0.1) is 11.3 Å². The molecule has 0 aliphatic heterocycles. The van der Waals surface area contributed by atoms with E-state index in [2.05, 4.69) is 9.46 Å². The summed E-state index contributed by atoms with van der Waals surface area (Å²) in [5, 5.41) is 1.56. The Hall–Kier alpha value is -1.93. The van der Waals surface area contributed by atoms with E-state index in [1.807, 2.05) is 0 Å². The van der Waals surface area contributed by atoms with Crippen molar-refractivity contribution in [1.82, 2.24) is 0 Å². The van der Waals surface area contributed by atoms with Crippen LogP contribution in [0.25, 0.3) is 0 Å². The van der Waals surface area contributed by atoms with Gasteiger partial charge in [0.1, 0.15) is 10.7 Å². The highest BCUT2D eigenvalue weighted by atomic mass is 32.2. The lowest BCUT2D eigenvalue weighted by atomic mass is 10.2. The zero-order chi connectivity index (χ0) is 15.6. The molecule has 21 heavy (non-hydrogen) atoms. The number of halogens is 1. The van der Waals surface area contributed by atoms with Crippen LogP contribution in [0, 0.1) is 12.7 Å². The van der Waals surface area contributed by atoms with Crippen LogP contribution in [0.5, 0.6) is 0 Å². The predicted octanol–water partition coefficient (Wildman–Crippen LogP) is 2.78. The second-order valence-electron chi connectivity index (χ2n) is 4.17. The Balaban J connectivity index is 2.36. The second-order valence-corrected chi connectivity index (χ2v) is 6.77. The number of carbonyl (C=O) groups is 1. The fourth-order valence-corrected chi connectivity index (χ4v) is 3.50. The van der Waals surface area contributed by atoms with Crippen molar-refractivity contribution in [1.29, 1.82) is 0 Å². The summed E-state index contributed by atoms with van der Waals surface area (Å²) in [4.78, 5) is 11.4. The first-order chi connectivity index (χ1) is 9.85. The molecule has 1 aromatic heterocycles. The number of methoxy groups -OCH3 is 1. The number of aryl methyl sites for hydroxylation is 1. The molecule has 0 saturated carbocycles. The molecule has 1 heterocycles. The number of thiophene rings is 1. The Morgan fingerprint density at radius 1 is 1.33 bits per heavy atom. The molecule has 0 bridgehead atoms. The Kier molecular flexibility index (Phi) is 4.29. The normalized spacial score (nSPS) is 11.2. The van der Waals surface area contributed by atoms with Crippen LogP contribution in [0.3, 0.4) is 0 Å². The lowest BCUT2D eigenvalue weighted by Crippen LogP contribution is -2.15. The van der Waals surface area contributed by atoms with Gasteiger partial charge in [-0.05, 0) is 36.1 Å². The van der Waals surface area contributed by atoms with Gasteiger partial charge in [-0.1, -0.05) is 6.07 Å². The maximum Gasteiger partial charge on any atom is 0.350 e. The monoisotopic (exact) mass is 329 g/mol. The fourth-order valence-electron chi connectivity index (χ4n) is 1.58. The molecule has 2 aromatic rings. The largest absolute Gasteiger partial charge is 0.465 e. The zero-order valence-corrected chi connectivity index (χ0v) is 12.8. The zero-order valence-electron chi connectivity index (χ0n) is 11.2. The number of hydrogen-bond donors (Lipinski definition) is 1. The van der Waals surface area contributed by atoms with Crippen molar-refractivity contribution in [3.8, 4) is 0 Å². The highest BCUT2D eigenvalue weighted by Crippen LogP contribution is 2.26. The van der Waals surface area contributed by atoms with Crippen LogP contribution in [0.1, 0.15) is 15.2 Å². The summed E-state index contributed by atoms with van der Waals surface area (Å²) >= 11 is 1.05. The van der Waals surface area contributed by atoms with Crippen molar-refractivity contribution in [2.45, 2.75) is 11.8 Å². The van der Waals surface area contributed by atoms with Crippen LogP contribution in [0.2, 0.25) is 0 Å². The predicted molar refractivity (Wildman–Crippen MR) is 77.6 cm³/mol. The SMILES string of the molecule is COC(=O)c1sccc1NS(=O)(=O)c1ccc(C)c(F)c1. The highest BCUT2D eigenvalue weighted by molar-refractivity contribution is 7.92. The topological polar surface area (TPSA) is 72.5 Å². The van der Waals surface area contributed by atoms with Gasteiger partial charge in [0.15, 0.2) is 0 Å². The number of sulfonamides is 1. The molecule has 0 spiro atoms. The molecule has 0 saturated heterocycles. The molecule has 0 aliphatic rings. The Labute approximate surface area is 125 Å². The minimum absolute atomic E-state index is 0.104. The summed E-state index contributed by atoms with van der Waals surface area (Å²) in [6.45, 7) is 1.54. The summed E-state index contributed by atoms with van der Waals surface area (Å²) in [6.07, 6.45) is 0. The maximum absolute atomic E-state index is 13.5. The molecule has 0 unspecified atom stereocenters. The Bertz CT molecular complexity index is 783. The molecule has 1 N–H and O–H groups in total. The van der Waals surface area contributed by atoms with E-state index in [1.165, 1.54) is 32.2 Å². The molecule has 0 aliphatic carbocycles. The van der Waals surface area contributed by atoms with Crippen molar-refractivity contribution >= 4 is 33.0 Å². The van der Waals surface area contributed by atoms with Gasteiger partial charge in [-0.2, -0.15) is 0 Å². The van der Waals surface area contributed by atoms with Gasteiger partial charge in [0.2, 0.25) is 0 Å². The first-order valence-electron chi connectivity index (χ1n) is 5.80. The van der Waals surface area contributed by atoms with Crippen molar-refractivity contribution in [2.24, 2.45) is 0 Å². The summed E-state index contributed by atoms with van der Waals surface area (Å²) in [6, 6.07) is 5.05. The Morgan fingerprint density at radius 2 is 2.05 bits per heavy atom. The van der Waals surface area contributed by atoms with E-state index in [0.29, 0.717) is 5.56 Å². The van der Waals surface area contributed by atoms with Crippen LogP contribution >= 0.6 is 11.3 Å². The number of hydrogen-bond acceptors (Lipinski definition) is 5. The number of benzene rings is 1. The molecule has 0 amide bonds. The van der Waals surface area contributed by atoms with Crippen LogP contribution in [0.4, 0.5) is 10.1 Å². The van der Waals surface area contributed by atoms with E-state index >= 15 is 0 Å². The van der Waals surface area contributed by atoms with Crippen molar-refractivity contribution in [2.75, 3.05) is 11.8 Å². The van der Waals surface area contributed by atoms with Gasteiger partial charge in [-0.25, -0.2) is 17.6 Å². The van der Waals surface area contributed by atoms with Crippen LogP contribution < -0.4 is 4.72 Å². The van der Waals surface area contributed by atoms with Gasteiger partial charge >= 0.3 is 5.97 Å². The molecule has 5 nitrogen and oxygen atoms in total. The average Bonchev–Trinajstić information content (AvgIpc) is 2.88. The molecular formula is C13H12FNO4S2. The Morgan fingerprint density at radius 3 is 2.67 bits per heavy atom. The smallest absolute Gasteiger partial charge is 0.350 e. The second kappa shape index (κ2) is 5.82. The average molecular weight is 329 g/mol. The lowest BCUT2D eigenvalue weighted by molar-refractivity contribution is 0.0607. The van der Waals surface area contributed by atoms with E-state index in [1.54, 1.807) is 5.38 Å². The molecule has 2 rings (SSSR count). The van der Waals surface area contributed by atoms with Gasteiger partial charge in [0, 0.05) is 0 Å². The molecule has 0 fully saturated rings. The number of rotatable bonds is 4. The van der Waals surface area contributed by atoms with E-state index in [9.17, 15) is 17.6 Å². The van der Waals surface area contributed by atoms with Crippen molar-refractivity contribution in [3.63, 3.8) is 0 Å². The van der Waals surface area contributed by atoms with E-state index in [-0.39, 0.29) is 15.5 Å². The first kappa shape index (κ1) is 15.5. The summed E-state index contributed by atoms with van der Waals surface area (Å²) in [5.74, 6) is -1.26. The van der Waals surface area contributed by atoms with Gasteiger partial charge in [-0.3, -0.25) is 4.72 Å². The molecule has 8 heteroatoms. The maximum atomic E-state index is 13.5.